The molecule has 1 N–H and O–H groups in total. The molecule has 0 bridgehead atoms. The van der Waals surface area contributed by atoms with E-state index in [-0.39, 0.29) is 12.9 Å². The first-order valence-electron chi connectivity index (χ1n) is 5.84. The second-order valence-corrected chi connectivity index (χ2v) is 5.15. The zero-order chi connectivity index (χ0) is 12.2. The van der Waals surface area contributed by atoms with Crippen LogP contribution in [0, 0.1) is 0 Å². The minimum atomic E-state index is -0.181. The Morgan fingerprint density at radius 3 is 2.25 bits per heavy atom. The summed E-state index contributed by atoms with van der Waals surface area (Å²) in [6, 6.07) is 7.85. The van der Waals surface area contributed by atoms with E-state index in [0.717, 1.165) is 18.4 Å². The van der Waals surface area contributed by atoms with Gasteiger partial charge in [-0.1, -0.05) is 25.5 Å². The molecule has 1 amide bonds. The molecular formula is C14H23NO. The van der Waals surface area contributed by atoms with Crippen LogP contribution in [0.5, 0.6) is 0 Å². The maximum absolute atomic E-state index is 11.8. The Morgan fingerprint density at radius 2 is 1.81 bits per heavy atom. The summed E-state index contributed by atoms with van der Waals surface area (Å²) in [5.74, 6) is -0.00412. The SMILES string of the molecule is CCCc1ccc(C(=O)NC(C)(C)C)cc1.[HH]. The fourth-order valence-electron chi connectivity index (χ4n) is 1.52. The predicted octanol–water partition coefficient (Wildman–Crippen LogP) is 3.41. The van der Waals surface area contributed by atoms with Crippen molar-refractivity contribution in [3.8, 4) is 0 Å². The highest BCUT2D eigenvalue weighted by molar-refractivity contribution is 5.94. The molecule has 0 saturated heterocycles. The van der Waals surface area contributed by atoms with Crippen LogP contribution < -0.4 is 5.32 Å². The number of aryl methyl sites for hydroxylation is 1. The van der Waals surface area contributed by atoms with E-state index in [4.69, 9.17) is 0 Å². The molecule has 1 aromatic rings. The average Bonchev–Trinajstić information content (AvgIpc) is 2.16. The molecule has 0 aromatic heterocycles. The molecule has 2 heteroatoms. The first-order valence-corrected chi connectivity index (χ1v) is 5.84. The van der Waals surface area contributed by atoms with Crippen molar-refractivity contribution in [2.75, 3.05) is 0 Å². The quantitative estimate of drug-likeness (QED) is 0.832. The van der Waals surface area contributed by atoms with Crippen LogP contribution in [0.15, 0.2) is 24.3 Å². The van der Waals surface area contributed by atoms with Crippen molar-refractivity contribution in [3.63, 3.8) is 0 Å². The van der Waals surface area contributed by atoms with E-state index in [9.17, 15) is 4.79 Å². The van der Waals surface area contributed by atoms with Gasteiger partial charge in [-0.25, -0.2) is 0 Å². The predicted molar refractivity (Wildman–Crippen MR) is 69.8 cm³/mol. The zero-order valence-corrected chi connectivity index (χ0v) is 10.6. The van der Waals surface area contributed by atoms with Crippen LogP contribution in [0.1, 0.15) is 51.5 Å². The number of benzene rings is 1. The molecular weight excluding hydrogens is 198 g/mol. The van der Waals surface area contributed by atoms with Gasteiger partial charge in [0.25, 0.3) is 5.91 Å². The first-order chi connectivity index (χ1) is 7.42. The minimum Gasteiger partial charge on any atom is -0.347 e. The van der Waals surface area contributed by atoms with Crippen molar-refractivity contribution in [3.05, 3.63) is 35.4 Å². The summed E-state index contributed by atoms with van der Waals surface area (Å²) >= 11 is 0. The standard InChI is InChI=1S/C14H21NO.H2/c1-5-6-11-7-9-12(10-8-11)13(16)15-14(2,3)4;/h7-10H,5-6H2,1-4H3,(H,15,16);1H. The van der Waals surface area contributed by atoms with E-state index >= 15 is 0 Å². The second kappa shape index (κ2) is 5.15. The lowest BCUT2D eigenvalue weighted by molar-refractivity contribution is 0.0919. The van der Waals surface area contributed by atoms with Gasteiger partial charge in [0.05, 0.1) is 0 Å². The number of carbonyl (C=O) groups is 1. The summed E-state index contributed by atoms with van der Waals surface area (Å²) < 4.78 is 0. The number of carbonyl (C=O) groups excluding carboxylic acids is 1. The molecule has 1 aromatic carbocycles. The smallest absolute Gasteiger partial charge is 0.251 e. The molecule has 0 spiro atoms. The van der Waals surface area contributed by atoms with Gasteiger partial charge in [0.1, 0.15) is 0 Å². The molecule has 0 heterocycles. The fourth-order valence-corrected chi connectivity index (χ4v) is 1.52. The first kappa shape index (κ1) is 12.8. The van der Waals surface area contributed by atoms with Crippen molar-refractivity contribution >= 4 is 5.91 Å². The zero-order valence-electron chi connectivity index (χ0n) is 10.6. The van der Waals surface area contributed by atoms with Gasteiger partial charge >= 0.3 is 0 Å². The Hall–Kier alpha value is -1.31. The van der Waals surface area contributed by atoms with E-state index in [1.165, 1.54) is 5.56 Å². The Morgan fingerprint density at radius 1 is 1.25 bits per heavy atom. The van der Waals surface area contributed by atoms with Gasteiger partial charge in [0, 0.05) is 12.5 Å². The monoisotopic (exact) mass is 221 g/mol. The summed E-state index contributed by atoms with van der Waals surface area (Å²) in [6.07, 6.45) is 2.20. The minimum absolute atomic E-state index is 0. The van der Waals surface area contributed by atoms with Crippen molar-refractivity contribution in [2.45, 2.75) is 46.1 Å². The van der Waals surface area contributed by atoms with Gasteiger partial charge in [-0.05, 0) is 44.9 Å². The third-order valence-corrected chi connectivity index (χ3v) is 2.24. The normalized spacial score (nSPS) is 11.2. The highest BCUT2D eigenvalue weighted by Gasteiger charge is 2.14. The van der Waals surface area contributed by atoms with Crippen LogP contribution in [-0.4, -0.2) is 11.4 Å². The van der Waals surface area contributed by atoms with Crippen LogP contribution >= 0.6 is 0 Å². The fraction of sp³-hybridized carbons (Fsp3) is 0.500. The van der Waals surface area contributed by atoms with E-state index in [2.05, 4.69) is 12.2 Å². The van der Waals surface area contributed by atoms with E-state index < -0.39 is 0 Å². The lowest BCUT2D eigenvalue weighted by Gasteiger charge is -2.20. The van der Waals surface area contributed by atoms with E-state index in [0.29, 0.717) is 0 Å². The topological polar surface area (TPSA) is 29.1 Å². The van der Waals surface area contributed by atoms with Gasteiger partial charge in [-0.3, -0.25) is 4.79 Å². The van der Waals surface area contributed by atoms with E-state index in [1.54, 1.807) is 0 Å². The van der Waals surface area contributed by atoms with Crippen molar-refractivity contribution < 1.29 is 6.22 Å². The molecule has 0 saturated carbocycles. The molecule has 16 heavy (non-hydrogen) atoms. The Balaban J connectivity index is 0.00000256. The largest absolute Gasteiger partial charge is 0.347 e. The number of amides is 1. The van der Waals surface area contributed by atoms with Crippen molar-refractivity contribution in [2.24, 2.45) is 0 Å². The van der Waals surface area contributed by atoms with Crippen LogP contribution in [0.2, 0.25) is 0 Å². The van der Waals surface area contributed by atoms with Gasteiger partial charge in [0.15, 0.2) is 0 Å². The number of hydrogen-bond acceptors (Lipinski definition) is 1. The lowest BCUT2D eigenvalue weighted by Crippen LogP contribution is -2.40. The van der Waals surface area contributed by atoms with E-state index in [1.807, 2.05) is 45.0 Å². The van der Waals surface area contributed by atoms with Gasteiger partial charge < -0.3 is 5.32 Å². The maximum Gasteiger partial charge on any atom is 0.251 e. The number of rotatable bonds is 3. The molecule has 1 rings (SSSR count). The molecule has 0 aliphatic rings. The Bertz CT molecular complexity index is 351. The van der Waals surface area contributed by atoms with Gasteiger partial charge in [-0.15, -0.1) is 0 Å². The summed E-state index contributed by atoms with van der Waals surface area (Å²) in [5.41, 5.74) is 1.84. The van der Waals surface area contributed by atoms with Crippen LogP contribution in [0.3, 0.4) is 0 Å². The summed E-state index contributed by atoms with van der Waals surface area (Å²) in [5, 5.41) is 2.95. The Labute approximate surface area is 99.5 Å². The lowest BCUT2D eigenvalue weighted by atomic mass is 10.1. The summed E-state index contributed by atoms with van der Waals surface area (Å²) in [7, 11) is 0. The Kier molecular flexibility index (Phi) is 4.11. The molecule has 2 nitrogen and oxygen atoms in total. The molecule has 0 radical (unpaired) electrons. The summed E-state index contributed by atoms with van der Waals surface area (Å²) in [6.45, 7) is 8.10. The molecule has 0 unspecified atom stereocenters. The molecule has 90 valence electrons. The second-order valence-electron chi connectivity index (χ2n) is 5.15. The van der Waals surface area contributed by atoms with Crippen molar-refractivity contribution in [1.82, 2.24) is 5.32 Å². The number of hydrogen-bond donors (Lipinski definition) is 1. The molecule has 0 fully saturated rings. The van der Waals surface area contributed by atoms with Crippen molar-refractivity contribution in [1.29, 1.82) is 0 Å². The molecule has 0 atom stereocenters. The van der Waals surface area contributed by atoms with Crippen LogP contribution in [-0.2, 0) is 6.42 Å². The third kappa shape index (κ3) is 4.05. The maximum atomic E-state index is 11.8. The number of nitrogens with one attached hydrogen (secondary N) is 1. The highest BCUT2D eigenvalue weighted by atomic mass is 16.1. The summed E-state index contributed by atoms with van der Waals surface area (Å²) in [4.78, 5) is 11.8. The van der Waals surface area contributed by atoms with Gasteiger partial charge in [-0.2, -0.15) is 0 Å². The van der Waals surface area contributed by atoms with Crippen LogP contribution in [0.25, 0.3) is 0 Å². The van der Waals surface area contributed by atoms with Gasteiger partial charge in [0.2, 0.25) is 0 Å². The molecule has 0 aliphatic heterocycles. The highest BCUT2D eigenvalue weighted by Crippen LogP contribution is 2.08. The van der Waals surface area contributed by atoms with Crippen LogP contribution in [0.4, 0.5) is 0 Å². The third-order valence-electron chi connectivity index (χ3n) is 2.24. The average molecular weight is 221 g/mol. The molecule has 0 aliphatic carbocycles.